The molecule has 1 fully saturated rings. The molecular formula is C27H33N3O5. The number of hydrogen-bond donors (Lipinski definition) is 1. The van der Waals surface area contributed by atoms with Crippen LogP contribution in [0.4, 0.5) is 5.69 Å². The van der Waals surface area contributed by atoms with Crippen molar-refractivity contribution in [3.8, 4) is 11.5 Å². The third kappa shape index (κ3) is 6.60. The summed E-state index contributed by atoms with van der Waals surface area (Å²) in [5, 5.41) is 2.97. The third-order valence-corrected chi connectivity index (χ3v) is 6.41. The van der Waals surface area contributed by atoms with E-state index in [9.17, 15) is 14.4 Å². The van der Waals surface area contributed by atoms with Gasteiger partial charge in [0, 0.05) is 31.6 Å². The molecule has 4 rings (SSSR count). The molecule has 0 saturated carbocycles. The van der Waals surface area contributed by atoms with Gasteiger partial charge in [0.05, 0.1) is 5.69 Å². The second-order valence-corrected chi connectivity index (χ2v) is 9.00. The van der Waals surface area contributed by atoms with E-state index in [1.54, 1.807) is 23.1 Å². The van der Waals surface area contributed by atoms with Crippen molar-refractivity contribution >= 4 is 23.3 Å². The summed E-state index contributed by atoms with van der Waals surface area (Å²) in [4.78, 5) is 41.5. The van der Waals surface area contributed by atoms with Gasteiger partial charge in [-0.25, -0.2) is 0 Å². The van der Waals surface area contributed by atoms with Crippen molar-refractivity contribution in [2.24, 2.45) is 0 Å². The predicted molar refractivity (Wildman–Crippen MR) is 133 cm³/mol. The number of ether oxygens (including phenoxy) is 2. The van der Waals surface area contributed by atoms with Crippen LogP contribution in [0, 0.1) is 6.92 Å². The van der Waals surface area contributed by atoms with Gasteiger partial charge in [0.2, 0.25) is 5.91 Å². The van der Waals surface area contributed by atoms with Gasteiger partial charge in [-0.1, -0.05) is 18.2 Å². The second kappa shape index (κ2) is 11.8. The molecule has 2 heterocycles. The summed E-state index contributed by atoms with van der Waals surface area (Å²) in [7, 11) is 0. The Morgan fingerprint density at radius 2 is 1.89 bits per heavy atom. The van der Waals surface area contributed by atoms with E-state index in [4.69, 9.17) is 9.47 Å². The molecule has 0 radical (unpaired) electrons. The zero-order valence-corrected chi connectivity index (χ0v) is 20.3. The van der Waals surface area contributed by atoms with Crippen molar-refractivity contribution in [2.75, 3.05) is 50.8 Å². The summed E-state index contributed by atoms with van der Waals surface area (Å²) in [6.45, 7) is 5.89. The van der Waals surface area contributed by atoms with Crippen LogP contribution in [0.1, 0.15) is 41.6 Å². The number of benzene rings is 2. The van der Waals surface area contributed by atoms with Crippen LogP contribution in [0.15, 0.2) is 42.5 Å². The van der Waals surface area contributed by atoms with Gasteiger partial charge in [-0.15, -0.1) is 0 Å². The first kappa shape index (κ1) is 24.7. The number of Topliss-reactive ketones (excluding diaryl/α,β-unsaturated/α-hetero) is 1. The Balaban J connectivity index is 1.31. The van der Waals surface area contributed by atoms with Crippen LogP contribution in [0.3, 0.4) is 0 Å². The van der Waals surface area contributed by atoms with E-state index in [1.807, 2.05) is 31.2 Å². The molecule has 0 spiro atoms. The average molecular weight is 480 g/mol. The maximum absolute atomic E-state index is 12.8. The minimum atomic E-state index is -0.189. The van der Waals surface area contributed by atoms with Crippen molar-refractivity contribution in [1.82, 2.24) is 10.2 Å². The Morgan fingerprint density at radius 3 is 2.69 bits per heavy atom. The number of hydrogen-bond acceptors (Lipinski definition) is 6. The van der Waals surface area contributed by atoms with E-state index >= 15 is 0 Å². The summed E-state index contributed by atoms with van der Waals surface area (Å²) in [5.41, 5.74) is 1.95. The van der Waals surface area contributed by atoms with E-state index in [0.29, 0.717) is 48.7 Å². The van der Waals surface area contributed by atoms with E-state index in [1.165, 1.54) is 12.8 Å². The highest BCUT2D eigenvalue weighted by Crippen LogP contribution is 2.33. The molecule has 8 nitrogen and oxygen atoms in total. The maximum Gasteiger partial charge on any atom is 0.265 e. The van der Waals surface area contributed by atoms with Crippen molar-refractivity contribution in [3.05, 3.63) is 53.6 Å². The molecule has 0 aromatic heterocycles. The first-order valence-electron chi connectivity index (χ1n) is 12.3. The fourth-order valence-corrected chi connectivity index (χ4v) is 4.41. The molecule has 8 heteroatoms. The molecule has 2 aromatic carbocycles. The summed E-state index contributed by atoms with van der Waals surface area (Å²) in [5.74, 6) is 0.829. The number of likely N-dealkylation sites (tertiary alicyclic amines) is 1. The fraction of sp³-hybridized carbons (Fsp3) is 0.444. The summed E-state index contributed by atoms with van der Waals surface area (Å²) < 4.78 is 11.2. The monoisotopic (exact) mass is 479 g/mol. The SMILES string of the molecule is Cc1ccccc1OCC(=O)c1ccc2c(c1)N(CCCC(=O)NCCN1CCCC1)C(=O)CO2. The third-order valence-electron chi connectivity index (χ3n) is 6.41. The highest BCUT2D eigenvalue weighted by atomic mass is 16.5. The molecule has 1 saturated heterocycles. The number of carbonyl (C=O) groups excluding carboxylic acids is 3. The van der Waals surface area contributed by atoms with Gasteiger partial charge in [0.15, 0.2) is 19.0 Å². The van der Waals surface area contributed by atoms with E-state index < -0.39 is 0 Å². The summed E-state index contributed by atoms with van der Waals surface area (Å²) in [6, 6.07) is 12.6. The van der Waals surface area contributed by atoms with Gasteiger partial charge in [0.25, 0.3) is 5.91 Å². The van der Waals surface area contributed by atoms with Gasteiger partial charge in [0.1, 0.15) is 11.5 Å². The first-order valence-corrected chi connectivity index (χ1v) is 12.3. The zero-order valence-electron chi connectivity index (χ0n) is 20.3. The fourth-order valence-electron chi connectivity index (χ4n) is 4.41. The van der Waals surface area contributed by atoms with Crippen LogP contribution in [-0.4, -0.2) is 68.4 Å². The predicted octanol–water partition coefficient (Wildman–Crippen LogP) is 2.97. The molecule has 2 aliphatic rings. The molecule has 0 aliphatic carbocycles. The van der Waals surface area contributed by atoms with E-state index in [0.717, 1.165) is 25.2 Å². The number of amides is 2. The Hall–Kier alpha value is -3.39. The smallest absolute Gasteiger partial charge is 0.265 e. The number of carbonyl (C=O) groups is 3. The number of fused-ring (bicyclic) bond motifs is 1. The van der Waals surface area contributed by atoms with Crippen molar-refractivity contribution < 1.29 is 23.9 Å². The standard InChI is InChI=1S/C27H33N3O5/c1-20-7-2-3-8-24(20)34-18-23(31)21-10-11-25-22(17-21)30(27(33)19-35-25)15-6-9-26(32)28-12-16-29-13-4-5-14-29/h2-3,7-8,10-11,17H,4-6,9,12-16,18-19H2,1H3,(H,28,32). The Labute approximate surface area is 206 Å². The van der Waals surface area contributed by atoms with Crippen LogP contribution in [0.5, 0.6) is 11.5 Å². The van der Waals surface area contributed by atoms with Crippen molar-refractivity contribution in [3.63, 3.8) is 0 Å². The zero-order chi connectivity index (χ0) is 24.6. The van der Waals surface area contributed by atoms with Gasteiger partial charge in [-0.2, -0.15) is 0 Å². The quantitative estimate of drug-likeness (QED) is 0.499. The van der Waals surface area contributed by atoms with Gasteiger partial charge >= 0.3 is 0 Å². The van der Waals surface area contributed by atoms with Gasteiger partial charge in [-0.05, 0) is 69.1 Å². The molecule has 2 amide bonds. The molecular weight excluding hydrogens is 446 g/mol. The number of anilines is 1. The molecule has 35 heavy (non-hydrogen) atoms. The molecule has 0 unspecified atom stereocenters. The van der Waals surface area contributed by atoms with E-state index in [-0.39, 0.29) is 30.8 Å². The molecule has 2 aromatic rings. The van der Waals surface area contributed by atoms with E-state index in [2.05, 4.69) is 10.2 Å². The molecule has 2 aliphatic heterocycles. The van der Waals surface area contributed by atoms with Crippen LogP contribution in [-0.2, 0) is 9.59 Å². The highest BCUT2D eigenvalue weighted by Gasteiger charge is 2.26. The lowest BCUT2D eigenvalue weighted by Crippen LogP contribution is -2.40. The normalized spacial score (nSPS) is 15.5. The van der Waals surface area contributed by atoms with Gasteiger partial charge < -0.3 is 24.6 Å². The van der Waals surface area contributed by atoms with Crippen LogP contribution >= 0.6 is 0 Å². The van der Waals surface area contributed by atoms with Crippen LogP contribution in [0.2, 0.25) is 0 Å². The number of nitrogens with zero attached hydrogens (tertiary/aromatic N) is 2. The lowest BCUT2D eigenvalue weighted by atomic mass is 10.1. The Kier molecular flexibility index (Phi) is 8.36. The number of nitrogens with one attached hydrogen (secondary N) is 1. The lowest BCUT2D eigenvalue weighted by molar-refractivity contribution is -0.122. The number of para-hydroxylation sites is 1. The van der Waals surface area contributed by atoms with Crippen LogP contribution < -0.4 is 19.7 Å². The van der Waals surface area contributed by atoms with Crippen molar-refractivity contribution in [2.45, 2.75) is 32.6 Å². The number of ketones is 1. The maximum atomic E-state index is 12.8. The number of rotatable bonds is 11. The summed E-state index contributed by atoms with van der Waals surface area (Å²) in [6.07, 6.45) is 3.32. The molecule has 1 N–H and O–H groups in total. The molecule has 0 bridgehead atoms. The lowest BCUT2D eigenvalue weighted by Gasteiger charge is -2.29. The Morgan fingerprint density at radius 1 is 1.09 bits per heavy atom. The van der Waals surface area contributed by atoms with Gasteiger partial charge in [-0.3, -0.25) is 14.4 Å². The number of aryl methyl sites for hydroxylation is 1. The topological polar surface area (TPSA) is 88.2 Å². The minimum absolute atomic E-state index is 0.0117. The Bertz CT molecular complexity index is 1060. The highest BCUT2D eigenvalue weighted by molar-refractivity contribution is 6.02. The van der Waals surface area contributed by atoms with Crippen molar-refractivity contribution in [1.29, 1.82) is 0 Å². The largest absolute Gasteiger partial charge is 0.485 e. The first-order chi connectivity index (χ1) is 17.0. The summed E-state index contributed by atoms with van der Waals surface area (Å²) >= 11 is 0. The molecule has 186 valence electrons. The molecule has 0 atom stereocenters. The van der Waals surface area contributed by atoms with Crippen LogP contribution in [0.25, 0.3) is 0 Å². The minimum Gasteiger partial charge on any atom is -0.485 e. The average Bonchev–Trinajstić information content (AvgIpc) is 3.38. The second-order valence-electron chi connectivity index (χ2n) is 9.00.